The molecular weight excluding hydrogens is 156 g/mol. The maximum Gasteiger partial charge on any atom is 0.304 e. The molecule has 4 heteroatoms. The Balaban J connectivity index is 3.49. The van der Waals surface area contributed by atoms with Gasteiger partial charge in [0.15, 0.2) is 0 Å². The molecule has 0 aliphatic carbocycles. The summed E-state index contributed by atoms with van der Waals surface area (Å²) in [6.45, 7) is 3.18. The molecule has 60 valence electrons. The molecule has 0 aromatic rings. The quantitative estimate of drug-likeness (QED) is 0.361. The van der Waals surface area contributed by atoms with E-state index in [0.29, 0.717) is 6.42 Å². The van der Waals surface area contributed by atoms with Gasteiger partial charge in [-0.3, -0.25) is 4.79 Å². The van der Waals surface area contributed by atoms with Crippen LogP contribution in [0.3, 0.4) is 0 Å². The lowest BCUT2D eigenvalue weighted by molar-refractivity contribution is -0.172. The second kappa shape index (κ2) is 5.50. The molecule has 0 bridgehead atoms. The minimum atomic E-state index is -0.491. The third-order valence-corrected chi connectivity index (χ3v) is 1.01. The fourth-order valence-electron chi connectivity index (χ4n) is 0.491. The SMILES string of the molecule is CCC(OCCl)OC(C)=O. The summed E-state index contributed by atoms with van der Waals surface area (Å²) in [6.07, 6.45) is 0.127. The van der Waals surface area contributed by atoms with Crippen molar-refractivity contribution >= 4 is 17.6 Å². The van der Waals surface area contributed by atoms with Gasteiger partial charge in [0.1, 0.15) is 6.07 Å². The Bertz CT molecular complexity index is 105. The Morgan fingerprint density at radius 3 is 2.60 bits per heavy atom. The fourth-order valence-corrected chi connectivity index (χ4v) is 0.631. The minimum Gasteiger partial charge on any atom is -0.436 e. The van der Waals surface area contributed by atoms with Gasteiger partial charge in [-0.2, -0.15) is 0 Å². The van der Waals surface area contributed by atoms with Crippen LogP contribution in [0, 0.1) is 0 Å². The van der Waals surface area contributed by atoms with Crippen molar-refractivity contribution in [3.05, 3.63) is 0 Å². The third-order valence-electron chi connectivity index (χ3n) is 0.880. The van der Waals surface area contributed by atoms with Crippen LogP contribution in [0.15, 0.2) is 0 Å². The van der Waals surface area contributed by atoms with Gasteiger partial charge in [0.05, 0.1) is 0 Å². The molecule has 1 unspecified atom stereocenters. The van der Waals surface area contributed by atoms with Gasteiger partial charge in [0, 0.05) is 13.3 Å². The van der Waals surface area contributed by atoms with E-state index in [-0.39, 0.29) is 12.0 Å². The van der Waals surface area contributed by atoms with Crippen LogP contribution in [0.25, 0.3) is 0 Å². The highest BCUT2D eigenvalue weighted by atomic mass is 35.5. The molecule has 0 saturated carbocycles. The average Bonchev–Trinajstić information content (AvgIpc) is 1.86. The van der Waals surface area contributed by atoms with Crippen LogP contribution in [0.2, 0.25) is 0 Å². The summed E-state index contributed by atoms with van der Waals surface area (Å²) in [7, 11) is 0. The molecule has 0 aromatic carbocycles. The lowest BCUT2D eigenvalue weighted by Gasteiger charge is -2.12. The fraction of sp³-hybridized carbons (Fsp3) is 0.833. The molecule has 0 spiro atoms. The van der Waals surface area contributed by atoms with Crippen LogP contribution >= 0.6 is 11.6 Å². The van der Waals surface area contributed by atoms with Gasteiger partial charge >= 0.3 is 5.97 Å². The molecule has 3 nitrogen and oxygen atoms in total. The van der Waals surface area contributed by atoms with Crippen molar-refractivity contribution in [3.63, 3.8) is 0 Å². The molecule has 0 heterocycles. The summed E-state index contributed by atoms with van der Waals surface area (Å²) in [4.78, 5) is 10.3. The molecular formula is C6H11ClO3. The Morgan fingerprint density at radius 1 is 1.70 bits per heavy atom. The van der Waals surface area contributed by atoms with Crippen LogP contribution < -0.4 is 0 Å². The highest BCUT2D eigenvalue weighted by Crippen LogP contribution is 2.00. The van der Waals surface area contributed by atoms with E-state index in [9.17, 15) is 4.79 Å². The van der Waals surface area contributed by atoms with Crippen molar-refractivity contribution in [1.82, 2.24) is 0 Å². The second-order valence-electron chi connectivity index (χ2n) is 1.72. The molecule has 0 rings (SSSR count). The lowest BCUT2D eigenvalue weighted by Crippen LogP contribution is -2.18. The van der Waals surface area contributed by atoms with Gasteiger partial charge in [0.2, 0.25) is 6.29 Å². The summed E-state index contributed by atoms with van der Waals surface area (Å²) in [5.41, 5.74) is 0. The van der Waals surface area contributed by atoms with Gasteiger partial charge in [-0.25, -0.2) is 0 Å². The van der Waals surface area contributed by atoms with Gasteiger partial charge < -0.3 is 9.47 Å². The Hall–Kier alpha value is -0.280. The van der Waals surface area contributed by atoms with Crippen molar-refractivity contribution in [2.75, 3.05) is 6.07 Å². The highest BCUT2D eigenvalue weighted by molar-refractivity contribution is 6.17. The first-order chi connectivity index (χ1) is 4.70. The molecule has 0 fully saturated rings. The first-order valence-corrected chi connectivity index (χ1v) is 3.59. The van der Waals surface area contributed by atoms with Gasteiger partial charge in [-0.15, -0.1) is 0 Å². The standard InChI is InChI=1S/C6H11ClO3/c1-3-6(9-4-7)10-5(2)8/h6H,3-4H2,1-2H3. The van der Waals surface area contributed by atoms with Crippen molar-refractivity contribution < 1.29 is 14.3 Å². The van der Waals surface area contributed by atoms with E-state index in [1.54, 1.807) is 0 Å². The van der Waals surface area contributed by atoms with Crippen LogP contribution in [0.5, 0.6) is 0 Å². The van der Waals surface area contributed by atoms with Crippen molar-refractivity contribution in [1.29, 1.82) is 0 Å². The minimum absolute atomic E-state index is 0.0474. The summed E-state index contributed by atoms with van der Waals surface area (Å²) in [5.74, 6) is -0.350. The largest absolute Gasteiger partial charge is 0.436 e. The Labute approximate surface area is 65.3 Å². The summed E-state index contributed by atoms with van der Waals surface area (Å²) in [5, 5.41) is 0. The number of halogens is 1. The first-order valence-electron chi connectivity index (χ1n) is 3.05. The first kappa shape index (κ1) is 9.72. The van der Waals surface area contributed by atoms with Crippen LogP contribution in [0.4, 0.5) is 0 Å². The number of carbonyl (C=O) groups excluding carboxylic acids is 1. The molecule has 10 heavy (non-hydrogen) atoms. The topological polar surface area (TPSA) is 35.5 Å². The molecule has 0 aliphatic heterocycles. The van der Waals surface area contributed by atoms with Crippen molar-refractivity contribution in [3.8, 4) is 0 Å². The number of carbonyl (C=O) groups is 1. The molecule has 0 aromatic heterocycles. The maximum atomic E-state index is 10.3. The van der Waals surface area contributed by atoms with Crippen LogP contribution in [-0.2, 0) is 14.3 Å². The lowest BCUT2D eigenvalue weighted by atomic mass is 10.5. The maximum absolute atomic E-state index is 10.3. The van der Waals surface area contributed by atoms with E-state index < -0.39 is 6.29 Å². The zero-order valence-electron chi connectivity index (χ0n) is 6.09. The number of hydrogen-bond acceptors (Lipinski definition) is 3. The second-order valence-corrected chi connectivity index (χ2v) is 1.94. The predicted octanol–water partition coefficient (Wildman–Crippen LogP) is 1.50. The van der Waals surface area contributed by atoms with Gasteiger partial charge in [0.25, 0.3) is 0 Å². The summed E-state index contributed by atoms with van der Waals surface area (Å²) >= 11 is 5.24. The Kier molecular flexibility index (Phi) is 5.35. The normalized spacial score (nSPS) is 12.7. The van der Waals surface area contributed by atoms with E-state index in [2.05, 4.69) is 0 Å². The van der Waals surface area contributed by atoms with E-state index in [1.165, 1.54) is 6.92 Å². The predicted molar refractivity (Wildman–Crippen MR) is 37.6 cm³/mol. The van der Waals surface area contributed by atoms with E-state index in [0.717, 1.165) is 0 Å². The zero-order valence-corrected chi connectivity index (χ0v) is 6.85. The number of hydrogen-bond donors (Lipinski definition) is 0. The number of esters is 1. The highest BCUT2D eigenvalue weighted by Gasteiger charge is 2.07. The summed E-state index contributed by atoms with van der Waals surface area (Å²) < 4.78 is 9.52. The summed E-state index contributed by atoms with van der Waals surface area (Å²) in [6, 6.07) is 0.0474. The van der Waals surface area contributed by atoms with E-state index in [1.807, 2.05) is 6.92 Å². The monoisotopic (exact) mass is 166 g/mol. The Morgan fingerprint density at radius 2 is 2.30 bits per heavy atom. The van der Waals surface area contributed by atoms with Crippen LogP contribution in [-0.4, -0.2) is 18.3 Å². The molecule has 0 amide bonds. The molecule has 1 atom stereocenters. The molecule has 0 aliphatic rings. The van der Waals surface area contributed by atoms with Gasteiger partial charge in [-0.1, -0.05) is 18.5 Å². The molecule has 0 saturated heterocycles. The third kappa shape index (κ3) is 4.58. The number of alkyl halides is 1. The van der Waals surface area contributed by atoms with E-state index >= 15 is 0 Å². The van der Waals surface area contributed by atoms with Gasteiger partial charge in [-0.05, 0) is 0 Å². The number of ether oxygens (including phenoxy) is 2. The molecule has 0 N–H and O–H groups in total. The average molecular weight is 167 g/mol. The smallest absolute Gasteiger partial charge is 0.304 e. The number of rotatable bonds is 4. The van der Waals surface area contributed by atoms with Crippen LogP contribution in [0.1, 0.15) is 20.3 Å². The van der Waals surface area contributed by atoms with E-state index in [4.69, 9.17) is 21.1 Å². The molecule has 0 radical (unpaired) electrons. The van der Waals surface area contributed by atoms with Crippen molar-refractivity contribution in [2.45, 2.75) is 26.6 Å². The zero-order chi connectivity index (χ0) is 7.98. The van der Waals surface area contributed by atoms with Crippen molar-refractivity contribution in [2.24, 2.45) is 0 Å².